The largest absolute Gasteiger partial charge is 0.479 e. The van der Waals surface area contributed by atoms with Gasteiger partial charge < -0.3 is 9.84 Å². The summed E-state index contributed by atoms with van der Waals surface area (Å²) < 4.78 is 5.30. The third-order valence-electron chi connectivity index (χ3n) is 4.82. The third kappa shape index (κ3) is 5.62. The lowest BCUT2D eigenvalue weighted by molar-refractivity contribution is -0.149. The molecule has 0 aliphatic carbocycles. The van der Waals surface area contributed by atoms with Gasteiger partial charge in [-0.3, -0.25) is 4.79 Å². The van der Waals surface area contributed by atoms with Crippen molar-refractivity contribution in [2.75, 3.05) is 0 Å². The van der Waals surface area contributed by atoms with Gasteiger partial charge in [0, 0.05) is 5.56 Å². The quantitative estimate of drug-likeness (QED) is 0.503. The maximum atomic E-state index is 12.8. The standard InChI is InChI=1S/C24H24O4S/c1-16-3-10-20(11-4-16)22(25)23-21(13-14-29-23)12-9-18-5-7-19(8-6-18)15-28-17(2)24(26)27/h3-8,10-11,13-14,17H,9,12,15H2,1-2H3,(H,26,27)/t17-/m1/s1. The fraction of sp³-hybridized carbons (Fsp3) is 0.250. The number of ketones is 1. The summed E-state index contributed by atoms with van der Waals surface area (Å²) in [5, 5.41) is 10.8. The number of hydrogen-bond donors (Lipinski definition) is 1. The molecule has 29 heavy (non-hydrogen) atoms. The van der Waals surface area contributed by atoms with Crippen LogP contribution in [0.25, 0.3) is 0 Å². The van der Waals surface area contributed by atoms with Gasteiger partial charge in [-0.15, -0.1) is 11.3 Å². The van der Waals surface area contributed by atoms with Crippen LogP contribution in [0.15, 0.2) is 60.0 Å². The highest BCUT2D eigenvalue weighted by Gasteiger charge is 2.15. The molecule has 1 N–H and O–H groups in total. The molecule has 0 unspecified atom stereocenters. The van der Waals surface area contributed by atoms with Crippen molar-refractivity contribution in [3.8, 4) is 0 Å². The fourth-order valence-electron chi connectivity index (χ4n) is 2.94. The lowest BCUT2D eigenvalue weighted by atomic mass is 10.0. The first kappa shape index (κ1) is 21.0. The van der Waals surface area contributed by atoms with E-state index in [2.05, 4.69) is 0 Å². The summed E-state index contributed by atoms with van der Waals surface area (Å²) in [6, 6.07) is 17.7. The highest BCUT2D eigenvalue weighted by molar-refractivity contribution is 7.12. The maximum Gasteiger partial charge on any atom is 0.332 e. The number of carbonyl (C=O) groups excluding carboxylic acids is 1. The normalized spacial score (nSPS) is 11.9. The summed E-state index contributed by atoms with van der Waals surface area (Å²) in [5.41, 5.74) is 5.04. The molecule has 1 aromatic heterocycles. The second-order valence-electron chi connectivity index (χ2n) is 7.08. The van der Waals surface area contributed by atoms with Gasteiger partial charge in [-0.2, -0.15) is 0 Å². The first-order valence-electron chi connectivity index (χ1n) is 9.54. The smallest absolute Gasteiger partial charge is 0.332 e. The van der Waals surface area contributed by atoms with E-state index in [1.54, 1.807) is 0 Å². The molecule has 0 fully saturated rings. The molecular weight excluding hydrogens is 384 g/mol. The molecule has 1 heterocycles. The monoisotopic (exact) mass is 408 g/mol. The molecular formula is C24H24O4S. The molecule has 0 aliphatic rings. The Morgan fingerprint density at radius 2 is 1.62 bits per heavy atom. The third-order valence-corrected chi connectivity index (χ3v) is 5.78. The molecule has 0 spiro atoms. The van der Waals surface area contributed by atoms with Crippen LogP contribution in [-0.4, -0.2) is 23.0 Å². The molecule has 150 valence electrons. The van der Waals surface area contributed by atoms with Crippen molar-refractivity contribution in [1.29, 1.82) is 0 Å². The summed E-state index contributed by atoms with van der Waals surface area (Å²) >= 11 is 1.49. The zero-order valence-corrected chi connectivity index (χ0v) is 17.4. The number of carbonyl (C=O) groups is 2. The lowest BCUT2D eigenvalue weighted by Crippen LogP contribution is -2.19. The average molecular weight is 409 g/mol. The Bertz CT molecular complexity index is 971. The van der Waals surface area contributed by atoms with E-state index < -0.39 is 12.1 Å². The summed E-state index contributed by atoms with van der Waals surface area (Å²) in [5.74, 6) is -0.886. The molecule has 0 saturated heterocycles. The minimum atomic E-state index is -0.964. The number of aliphatic carboxylic acids is 1. The van der Waals surface area contributed by atoms with Gasteiger partial charge in [0.2, 0.25) is 5.78 Å². The Morgan fingerprint density at radius 3 is 2.28 bits per heavy atom. The van der Waals surface area contributed by atoms with Gasteiger partial charge in [0.05, 0.1) is 11.5 Å². The van der Waals surface area contributed by atoms with E-state index in [1.807, 2.05) is 66.9 Å². The van der Waals surface area contributed by atoms with Gasteiger partial charge >= 0.3 is 5.97 Å². The number of benzene rings is 2. The molecule has 3 aromatic rings. The Morgan fingerprint density at radius 1 is 0.966 bits per heavy atom. The van der Waals surface area contributed by atoms with Crippen molar-refractivity contribution in [1.82, 2.24) is 0 Å². The van der Waals surface area contributed by atoms with Crippen LogP contribution in [0.2, 0.25) is 0 Å². The van der Waals surface area contributed by atoms with Crippen LogP contribution in [0.3, 0.4) is 0 Å². The van der Waals surface area contributed by atoms with Crippen LogP contribution < -0.4 is 0 Å². The number of aryl methyl sites for hydroxylation is 3. The lowest BCUT2D eigenvalue weighted by Gasteiger charge is -2.09. The fourth-order valence-corrected chi connectivity index (χ4v) is 3.86. The van der Waals surface area contributed by atoms with Crippen LogP contribution >= 0.6 is 11.3 Å². The van der Waals surface area contributed by atoms with Crippen molar-refractivity contribution in [2.45, 2.75) is 39.4 Å². The van der Waals surface area contributed by atoms with Gasteiger partial charge in [-0.1, -0.05) is 54.1 Å². The molecule has 3 rings (SSSR count). The highest BCUT2D eigenvalue weighted by Crippen LogP contribution is 2.23. The first-order valence-corrected chi connectivity index (χ1v) is 10.4. The number of rotatable bonds is 9. The molecule has 0 aliphatic heterocycles. The summed E-state index contributed by atoms with van der Waals surface area (Å²) in [6.45, 7) is 3.80. The molecule has 0 radical (unpaired) electrons. The molecule has 0 saturated carbocycles. The van der Waals surface area contributed by atoms with Crippen LogP contribution in [0.4, 0.5) is 0 Å². The van der Waals surface area contributed by atoms with Gasteiger partial charge in [0.15, 0.2) is 6.10 Å². The molecule has 4 nitrogen and oxygen atoms in total. The Balaban J connectivity index is 1.59. The van der Waals surface area contributed by atoms with E-state index in [4.69, 9.17) is 9.84 Å². The predicted octanol–water partition coefficient (Wildman–Crippen LogP) is 5.06. The van der Waals surface area contributed by atoms with Gasteiger partial charge in [0.1, 0.15) is 0 Å². The Hall–Kier alpha value is -2.76. The van der Waals surface area contributed by atoms with Crippen LogP contribution in [0.1, 0.15) is 44.4 Å². The molecule has 2 aromatic carbocycles. The van der Waals surface area contributed by atoms with Crippen molar-refractivity contribution in [3.05, 3.63) is 92.7 Å². The minimum Gasteiger partial charge on any atom is -0.479 e. The first-order chi connectivity index (χ1) is 13.9. The zero-order valence-electron chi connectivity index (χ0n) is 16.6. The van der Waals surface area contributed by atoms with Crippen molar-refractivity contribution in [3.63, 3.8) is 0 Å². The second-order valence-corrected chi connectivity index (χ2v) is 7.99. The topological polar surface area (TPSA) is 63.6 Å². The van der Waals surface area contributed by atoms with E-state index in [0.29, 0.717) is 0 Å². The van der Waals surface area contributed by atoms with E-state index >= 15 is 0 Å². The van der Waals surface area contributed by atoms with Crippen molar-refractivity contribution < 1.29 is 19.4 Å². The minimum absolute atomic E-state index is 0.0787. The van der Waals surface area contributed by atoms with Gasteiger partial charge in [0.25, 0.3) is 0 Å². The average Bonchev–Trinajstić information content (AvgIpc) is 3.19. The SMILES string of the molecule is Cc1ccc(C(=O)c2sccc2CCc2ccc(CO[C@H](C)C(=O)O)cc2)cc1. The van der Waals surface area contributed by atoms with E-state index in [9.17, 15) is 9.59 Å². The van der Waals surface area contributed by atoms with Crippen LogP contribution in [0, 0.1) is 6.92 Å². The Labute approximate surface area is 174 Å². The number of thiophene rings is 1. The molecule has 0 bridgehead atoms. The van der Waals surface area contributed by atoms with E-state index in [1.165, 1.54) is 23.8 Å². The predicted molar refractivity (Wildman–Crippen MR) is 115 cm³/mol. The summed E-state index contributed by atoms with van der Waals surface area (Å²) in [7, 11) is 0. The van der Waals surface area contributed by atoms with Crippen molar-refractivity contribution in [2.24, 2.45) is 0 Å². The molecule has 1 atom stereocenters. The maximum absolute atomic E-state index is 12.8. The number of hydrogen-bond acceptors (Lipinski definition) is 4. The van der Waals surface area contributed by atoms with E-state index in [-0.39, 0.29) is 12.4 Å². The number of carboxylic acids is 1. The summed E-state index contributed by atoms with van der Waals surface area (Å²) in [6.07, 6.45) is 0.803. The number of carboxylic acid groups (broad SMARTS) is 1. The molecule has 5 heteroatoms. The zero-order chi connectivity index (χ0) is 20.8. The second kappa shape index (κ2) is 9.63. The summed E-state index contributed by atoms with van der Waals surface area (Å²) in [4.78, 5) is 24.4. The van der Waals surface area contributed by atoms with E-state index in [0.717, 1.165) is 40.0 Å². The van der Waals surface area contributed by atoms with Gasteiger partial charge in [-0.25, -0.2) is 4.79 Å². The van der Waals surface area contributed by atoms with Gasteiger partial charge in [-0.05, 0) is 54.8 Å². The number of ether oxygens (including phenoxy) is 1. The highest BCUT2D eigenvalue weighted by atomic mass is 32.1. The molecule has 0 amide bonds. The van der Waals surface area contributed by atoms with Crippen LogP contribution in [0.5, 0.6) is 0 Å². The van der Waals surface area contributed by atoms with Crippen molar-refractivity contribution >= 4 is 23.1 Å². The van der Waals surface area contributed by atoms with Crippen LogP contribution in [-0.2, 0) is 29.0 Å². The Kier molecular flexibility index (Phi) is 6.96.